The van der Waals surface area contributed by atoms with Crippen LogP contribution in [0.25, 0.3) is 0 Å². The summed E-state index contributed by atoms with van der Waals surface area (Å²) in [4.78, 5) is 13.8. The molecule has 2 fully saturated rings. The van der Waals surface area contributed by atoms with Crippen molar-refractivity contribution in [2.45, 2.75) is 45.3 Å². The van der Waals surface area contributed by atoms with Crippen molar-refractivity contribution in [1.82, 2.24) is 10.2 Å². The minimum atomic E-state index is -0.401. The second kappa shape index (κ2) is 3.62. The number of alkyl carbamates (subject to hydrolysis) is 1. The molecule has 0 atom stereocenters. The van der Waals surface area contributed by atoms with Gasteiger partial charge >= 0.3 is 6.09 Å². The fourth-order valence-corrected chi connectivity index (χ4v) is 2.92. The maximum Gasteiger partial charge on any atom is 0.407 e. The van der Waals surface area contributed by atoms with Crippen LogP contribution in [0.2, 0.25) is 0 Å². The fourth-order valence-electron chi connectivity index (χ4n) is 2.92. The van der Waals surface area contributed by atoms with Gasteiger partial charge in [-0.15, -0.1) is 0 Å². The highest BCUT2D eigenvalue weighted by Gasteiger charge is 2.51. The second-order valence-electron chi connectivity index (χ2n) is 6.42. The zero-order valence-electron chi connectivity index (χ0n) is 10.7. The molecule has 0 aromatic heterocycles. The number of likely N-dealkylation sites (tertiary alicyclic amines) is 1. The SMILES string of the molecule is CN1CC2(CC(NC(=O)OC(C)(C)C)C2)C1. The lowest BCUT2D eigenvalue weighted by Crippen LogP contribution is -2.65. The predicted molar refractivity (Wildman–Crippen MR) is 62.3 cm³/mol. The highest BCUT2D eigenvalue weighted by atomic mass is 16.6. The monoisotopic (exact) mass is 226 g/mol. The summed E-state index contributed by atoms with van der Waals surface area (Å²) in [6.07, 6.45) is 1.94. The molecule has 1 N–H and O–H groups in total. The third kappa shape index (κ3) is 2.48. The maximum atomic E-state index is 11.5. The van der Waals surface area contributed by atoms with Crippen molar-refractivity contribution >= 4 is 6.09 Å². The normalized spacial score (nSPS) is 24.8. The summed E-state index contributed by atoms with van der Waals surface area (Å²) >= 11 is 0. The lowest BCUT2D eigenvalue weighted by molar-refractivity contribution is -0.0655. The third-order valence-corrected chi connectivity index (χ3v) is 3.29. The molecule has 0 radical (unpaired) electrons. The molecule has 1 saturated heterocycles. The van der Waals surface area contributed by atoms with E-state index in [9.17, 15) is 4.79 Å². The molecule has 0 unspecified atom stereocenters. The van der Waals surface area contributed by atoms with Crippen LogP contribution in [-0.2, 0) is 4.74 Å². The Labute approximate surface area is 97.3 Å². The van der Waals surface area contributed by atoms with Crippen LogP contribution >= 0.6 is 0 Å². The van der Waals surface area contributed by atoms with Crippen molar-refractivity contribution in [3.8, 4) is 0 Å². The second-order valence-corrected chi connectivity index (χ2v) is 6.42. The minimum absolute atomic E-state index is 0.278. The Hall–Kier alpha value is -0.770. The summed E-state index contributed by atoms with van der Waals surface area (Å²) in [5.41, 5.74) is 0.108. The van der Waals surface area contributed by atoms with E-state index in [4.69, 9.17) is 4.74 Å². The number of ether oxygens (including phenoxy) is 1. The van der Waals surface area contributed by atoms with Gasteiger partial charge < -0.3 is 15.0 Å². The van der Waals surface area contributed by atoms with Crippen LogP contribution in [0.3, 0.4) is 0 Å². The molecule has 1 aliphatic carbocycles. The van der Waals surface area contributed by atoms with Crippen LogP contribution in [0.15, 0.2) is 0 Å². The van der Waals surface area contributed by atoms with Gasteiger partial charge in [0.1, 0.15) is 5.60 Å². The molecule has 2 aliphatic rings. The Morgan fingerprint density at radius 1 is 1.38 bits per heavy atom. The van der Waals surface area contributed by atoms with Crippen LogP contribution in [0.4, 0.5) is 4.79 Å². The van der Waals surface area contributed by atoms with Crippen LogP contribution < -0.4 is 5.32 Å². The van der Waals surface area contributed by atoms with E-state index >= 15 is 0 Å². The first-order valence-electron chi connectivity index (χ1n) is 5.96. The highest BCUT2D eigenvalue weighted by Crippen LogP contribution is 2.47. The minimum Gasteiger partial charge on any atom is -0.444 e. The molecule has 4 heteroatoms. The molecule has 1 saturated carbocycles. The van der Waals surface area contributed by atoms with Gasteiger partial charge in [0.15, 0.2) is 0 Å². The lowest BCUT2D eigenvalue weighted by Gasteiger charge is -2.58. The van der Waals surface area contributed by atoms with Gasteiger partial charge in [0, 0.05) is 19.1 Å². The number of carbonyl (C=O) groups excluding carboxylic acids is 1. The van der Waals surface area contributed by atoms with Crippen LogP contribution in [0.1, 0.15) is 33.6 Å². The Morgan fingerprint density at radius 3 is 2.38 bits per heavy atom. The molecule has 1 aliphatic heterocycles. The van der Waals surface area contributed by atoms with Crippen molar-refractivity contribution in [1.29, 1.82) is 0 Å². The molecule has 0 bridgehead atoms. The standard InChI is InChI=1S/C12H22N2O2/c1-11(2,3)16-10(15)13-9-5-12(6-9)7-14(4)8-12/h9H,5-8H2,1-4H3,(H,13,15). The van der Waals surface area contributed by atoms with Gasteiger partial charge in [-0.1, -0.05) is 0 Å². The molecular weight excluding hydrogens is 204 g/mol. The average Bonchev–Trinajstić information content (AvgIpc) is 1.93. The van der Waals surface area contributed by atoms with Gasteiger partial charge in [-0.3, -0.25) is 0 Å². The number of amides is 1. The molecule has 1 spiro atoms. The maximum absolute atomic E-state index is 11.5. The number of rotatable bonds is 1. The van der Waals surface area contributed by atoms with Gasteiger partial charge in [-0.25, -0.2) is 4.79 Å². The van der Waals surface area contributed by atoms with E-state index < -0.39 is 5.60 Å². The van der Waals surface area contributed by atoms with E-state index in [0.717, 1.165) is 12.8 Å². The van der Waals surface area contributed by atoms with Gasteiger partial charge in [-0.2, -0.15) is 0 Å². The quantitative estimate of drug-likeness (QED) is 0.738. The number of nitrogens with one attached hydrogen (secondary N) is 1. The number of hydrogen-bond acceptors (Lipinski definition) is 3. The number of hydrogen-bond donors (Lipinski definition) is 1. The largest absolute Gasteiger partial charge is 0.444 e. The molecule has 0 aromatic carbocycles. The molecular formula is C12H22N2O2. The van der Waals surface area contributed by atoms with Gasteiger partial charge in [-0.05, 0) is 46.1 Å². The predicted octanol–water partition coefficient (Wildman–Crippen LogP) is 1.61. The van der Waals surface area contributed by atoms with Crippen molar-refractivity contribution in [3.63, 3.8) is 0 Å². The fraction of sp³-hybridized carbons (Fsp3) is 0.917. The van der Waals surface area contributed by atoms with E-state index in [2.05, 4.69) is 17.3 Å². The zero-order valence-corrected chi connectivity index (χ0v) is 10.7. The van der Waals surface area contributed by atoms with Crippen molar-refractivity contribution < 1.29 is 9.53 Å². The summed E-state index contributed by atoms with van der Waals surface area (Å²) in [7, 11) is 2.14. The molecule has 1 amide bonds. The van der Waals surface area contributed by atoms with Crippen LogP contribution in [-0.4, -0.2) is 42.8 Å². The summed E-state index contributed by atoms with van der Waals surface area (Å²) in [6.45, 7) is 8.01. The van der Waals surface area contributed by atoms with E-state index in [1.165, 1.54) is 13.1 Å². The molecule has 1 heterocycles. The summed E-state index contributed by atoms with van der Waals surface area (Å²) in [6, 6.07) is 0.323. The molecule has 92 valence electrons. The Bertz CT molecular complexity index is 282. The van der Waals surface area contributed by atoms with Crippen molar-refractivity contribution in [3.05, 3.63) is 0 Å². The Morgan fingerprint density at radius 2 is 1.94 bits per heavy atom. The summed E-state index contributed by atoms with van der Waals surface area (Å²) in [5.74, 6) is 0. The Balaban J connectivity index is 1.68. The lowest BCUT2D eigenvalue weighted by atomic mass is 9.61. The summed E-state index contributed by atoms with van der Waals surface area (Å²) < 4.78 is 5.22. The number of nitrogens with zero attached hydrogens (tertiary/aromatic N) is 1. The highest BCUT2D eigenvalue weighted by molar-refractivity contribution is 5.68. The van der Waals surface area contributed by atoms with Gasteiger partial charge in [0.2, 0.25) is 0 Å². The van der Waals surface area contributed by atoms with Crippen molar-refractivity contribution in [2.24, 2.45) is 5.41 Å². The van der Waals surface area contributed by atoms with E-state index in [0.29, 0.717) is 11.5 Å². The smallest absolute Gasteiger partial charge is 0.407 e. The third-order valence-electron chi connectivity index (χ3n) is 3.29. The van der Waals surface area contributed by atoms with E-state index in [1.54, 1.807) is 0 Å². The number of carbonyl (C=O) groups is 1. The molecule has 16 heavy (non-hydrogen) atoms. The Kier molecular flexibility index (Phi) is 2.65. The molecule has 4 nitrogen and oxygen atoms in total. The molecule has 0 aromatic rings. The first kappa shape index (κ1) is 11.7. The zero-order chi connectivity index (χ0) is 12.0. The van der Waals surface area contributed by atoms with Gasteiger partial charge in [0.05, 0.1) is 0 Å². The topological polar surface area (TPSA) is 41.6 Å². The summed E-state index contributed by atoms with van der Waals surface area (Å²) in [5, 5.41) is 2.93. The first-order chi connectivity index (χ1) is 7.28. The first-order valence-corrected chi connectivity index (χ1v) is 5.96. The van der Waals surface area contributed by atoms with E-state index in [1.807, 2.05) is 20.8 Å². The van der Waals surface area contributed by atoms with Gasteiger partial charge in [0.25, 0.3) is 0 Å². The van der Waals surface area contributed by atoms with Crippen molar-refractivity contribution in [2.75, 3.05) is 20.1 Å². The average molecular weight is 226 g/mol. The van der Waals surface area contributed by atoms with E-state index in [-0.39, 0.29) is 6.09 Å². The van der Waals surface area contributed by atoms with Crippen LogP contribution in [0, 0.1) is 5.41 Å². The molecule has 2 rings (SSSR count). The van der Waals surface area contributed by atoms with Crippen LogP contribution in [0.5, 0.6) is 0 Å².